The van der Waals surface area contributed by atoms with Gasteiger partial charge in [0.2, 0.25) is 0 Å². The summed E-state index contributed by atoms with van der Waals surface area (Å²) in [5.74, 6) is 0.111. The lowest BCUT2D eigenvalue weighted by atomic mass is 9.82. The molecule has 0 unspecified atom stereocenters. The standard InChI is InChI=1S/C19H26ClN3O3S2/c1-14-10-19(18-16(3-7-26-19)9-17(20)27-18)4-5-22(14)12-15-11-21-23(13-15)6-8-28(2,24)25/h9,11,13-14H,3-8,10,12H2,1-2H3/t14-,19+/m0/s1. The number of aryl methyl sites for hydroxylation is 1. The normalized spacial score (nSPS) is 25.9. The number of hydrogen-bond donors (Lipinski definition) is 0. The van der Waals surface area contributed by atoms with Crippen LogP contribution in [0.3, 0.4) is 0 Å². The van der Waals surface area contributed by atoms with Gasteiger partial charge < -0.3 is 4.74 Å². The summed E-state index contributed by atoms with van der Waals surface area (Å²) in [4.78, 5) is 3.78. The Morgan fingerprint density at radius 2 is 2.29 bits per heavy atom. The van der Waals surface area contributed by atoms with Gasteiger partial charge in [0.25, 0.3) is 0 Å². The van der Waals surface area contributed by atoms with Gasteiger partial charge in [0.1, 0.15) is 15.4 Å². The van der Waals surface area contributed by atoms with E-state index in [0.29, 0.717) is 12.6 Å². The minimum absolute atomic E-state index is 0.111. The minimum atomic E-state index is -2.98. The zero-order chi connectivity index (χ0) is 19.9. The third kappa shape index (κ3) is 4.31. The van der Waals surface area contributed by atoms with Crippen molar-refractivity contribution in [1.29, 1.82) is 0 Å². The van der Waals surface area contributed by atoms with Crippen molar-refractivity contribution in [1.82, 2.24) is 14.7 Å². The number of fused-ring (bicyclic) bond motifs is 2. The number of piperidine rings is 1. The molecule has 2 atom stereocenters. The average Bonchev–Trinajstić information content (AvgIpc) is 3.22. The largest absolute Gasteiger partial charge is 0.369 e. The number of ether oxygens (including phenoxy) is 1. The lowest BCUT2D eigenvalue weighted by Crippen LogP contribution is -2.49. The highest BCUT2D eigenvalue weighted by Crippen LogP contribution is 2.48. The Balaban J connectivity index is 1.41. The van der Waals surface area contributed by atoms with Crippen LogP contribution in [-0.4, -0.2) is 54.3 Å². The summed E-state index contributed by atoms with van der Waals surface area (Å²) in [7, 11) is -2.98. The highest BCUT2D eigenvalue weighted by molar-refractivity contribution is 7.90. The van der Waals surface area contributed by atoms with Gasteiger partial charge in [0.05, 0.1) is 29.4 Å². The van der Waals surface area contributed by atoms with E-state index in [1.165, 1.54) is 16.7 Å². The third-order valence-corrected chi connectivity index (χ3v) is 8.17. The van der Waals surface area contributed by atoms with E-state index in [-0.39, 0.29) is 11.4 Å². The average molecular weight is 444 g/mol. The van der Waals surface area contributed by atoms with Crippen LogP contribution >= 0.6 is 22.9 Å². The molecule has 28 heavy (non-hydrogen) atoms. The monoisotopic (exact) mass is 443 g/mol. The van der Waals surface area contributed by atoms with Crippen LogP contribution in [0, 0.1) is 0 Å². The molecule has 0 amide bonds. The van der Waals surface area contributed by atoms with Crippen LogP contribution in [0.4, 0.5) is 0 Å². The number of aromatic nitrogens is 2. The van der Waals surface area contributed by atoms with E-state index >= 15 is 0 Å². The molecule has 0 radical (unpaired) electrons. The molecular weight excluding hydrogens is 418 g/mol. The zero-order valence-electron chi connectivity index (χ0n) is 16.2. The lowest BCUT2D eigenvalue weighted by molar-refractivity contribution is -0.110. The molecule has 4 heterocycles. The van der Waals surface area contributed by atoms with Crippen LogP contribution in [0.2, 0.25) is 4.34 Å². The first kappa shape index (κ1) is 20.3. The summed E-state index contributed by atoms with van der Waals surface area (Å²) in [6.07, 6.45) is 7.92. The van der Waals surface area contributed by atoms with Gasteiger partial charge in [-0.3, -0.25) is 9.58 Å². The van der Waals surface area contributed by atoms with Crippen LogP contribution < -0.4 is 0 Å². The molecule has 2 aromatic heterocycles. The van der Waals surface area contributed by atoms with Crippen molar-refractivity contribution in [3.05, 3.63) is 38.8 Å². The number of thiophene rings is 1. The quantitative estimate of drug-likeness (QED) is 0.710. The molecule has 1 fully saturated rings. The Labute approximate surface area is 175 Å². The van der Waals surface area contributed by atoms with Gasteiger partial charge in [-0.2, -0.15) is 5.10 Å². The summed E-state index contributed by atoms with van der Waals surface area (Å²) >= 11 is 7.96. The summed E-state index contributed by atoms with van der Waals surface area (Å²) in [5, 5.41) is 4.31. The molecule has 0 bridgehead atoms. The number of likely N-dealkylation sites (tertiary alicyclic amines) is 1. The zero-order valence-corrected chi connectivity index (χ0v) is 18.6. The van der Waals surface area contributed by atoms with Crippen molar-refractivity contribution in [2.75, 3.05) is 25.2 Å². The molecule has 6 nitrogen and oxygen atoms in total. The number of hydrogen-bond acceptors (Lipinski definition) is 6. The summed E-state index contributed by atoms with van der Waals surface area (Å²) in [6.45, 7) is 5.17. The Hall–Kier alpha value is -0.930. The first-order chi connectivity index (χ1) is 13.2. The van der Waals surface area contributed by atoms with Crippen molar-refractivity contribution in [3.63, 3.8) is 0 Å². The van der Waals surface area contributed by atoms with Gasteiger partial charge in [-0.05, 0) is 37.8 Å². The number of halogens is 1. The van der Waals surface area contributed by atoms with Crippen molar-refractivity contribution in [3.8, 4) is 0 Å². The maximum atomic E-state index is 11.3. The molecule has 1 spiro atoms. The third-order valence-electron chi connectivity index (χ3n) is 5.76. The van der Waals surface area contributed by atoms with Gasteiger partial charge in [-0.1, -0.05) is 11.6 Å². The van der Waals surface area contributed by atoms with E-state index in [1.54, 1.807) is 16.0 Å². The van der Waals surface area contributed by atoms with E-state index in [0.717, 1.165) is 48.9 Å². The van der Waals surface area contributed by atoms with Gasteiger partial charge >= 0.3 is 0 Å². The van der Waals surface area contributed by atoms with E-state index in [9.17, 15) is 8.42 Å². The molecule has 0 N–H and O–H groups in total. The van der Waals surface area contributed by atoms with Gasteiger partial charge in [0, 0.05) is 42.0 Å². The first-order valence-electron chi connectivity index (χ1n) is 9.60. The summed E-state index contributed by atoms with van der Waals surface area (Å²) < 4.78 is 31.6. The molecule has 1 saturated heterocycles. The van der Waals surface area contributed by atoms with E-state index in [2.05, 4.69) is 23.0 Å². The maximum Gasteiger partial charge on any atom is 0.149 e. The topological polar surface area (TPSA) is 64.4 Å². The minimum Gasteiger partial charge on any atom is -0.369 e. The fraction of sp³-hybridized carbons (Fsp3) is 0.632. The van der Waals surface area contributed by atoms with Crippen LogP contribution in [-0.2, 0) is 39.7 Å². The highest BCUT2D eigenvalue weighted by atomic mass is 35.5. The first-order valence-corrected chi connectivity index (χ1v) is 12.9. The highest BCUT2D eigenvalue weighted by Gasteiger charge is 2.44. The molecule has 0 saturated carbocycles. The second kappa shape index (κ2) is 7.72. The SMILES string of the molecule is C[C@H]1C[C@@]2(CCN1Cc1cnn(CCS(C)(=O)=O)c1)OCCc1cc(Cl)sc12. The fourth-order valence-electron chi connectivity index (χ4n) is 4.32. The van der Waals surface area contributed by atoms with Crippen molar-refractivity contribution < 1.29 is 13.2 Å². The van der Waals surface area contributed by atoms with Crippen molar-refractivity contribution in [2.24, 2.45) is 0 Å². The maximum absolute atomic E-state index is 11.3. The Morgan fingerprint density at radius 3 is 3.04 bits per heavy atom. The van der Waals surface area contributed by atoms with Gasteiger partial charge in [0.15, 0.2) is 0 Å². The molecule has 154 valence electrons. The molecular formula is C19H26ClN3O3S2. The molecule has 2 aliphatic heterocycles. The lowest BCUT2D eigenvalue weighted by Gasteiger charge is -2.47. The molecule has 9 heteroatoms. The number of rotatable bonds is 5. The molecule has 4 rings (SSSR count). The van der Waals surface area contributed by atoms with Crippen LogP contribution in [0.25, 0.3) is 0 Å². The molecule has 0 aromatic carbocycles. The predicted molar refractivity (Wildman–Crippen MR) is 112 cm³/mol. The number of sulfone groups is 1. The van der Waals surface area contributed by atoms with Crippen molar-refractivity contribution >= 4 is 32.8 Å². The predicted octanol–water partition coefficient (Wildman–Crippen LogP) is 3.10. The molecule has 2 aromatic rings. The second-order valence-corrected chi connectivity index (χ2v) is 12.0. The Morgan fingerprint density at radius 1 is 1.46 bits per heavy atom. The summed E-state index contributed by atoms with van der Waals surface area (Å²) in [6, 6.07) is 2.48. The second-order valence-electron chi connectivity index (χ2n) is 8.01. The van der Waals surface area contributed by atoms with Gasteiger partial charge in [-0.15, -0.1) is 11.3 Å². The van der Waals surface area contributed by atoms with E-state index in [1.807, 2.05) is 12.4 Å². The van der Waals surface area contributed by atoms with E-state index < -0.39 is 9.84 Å². The van der Waals surface area contributed by atoms with Crippen LogP contribution in [0.5, 0.6) is 0 Å². The van der Waals surface area contributed by atoms with E-state index in [4.69, 9.17) is 16.3 Å². The van der Waals surface area contributed by atoms with Crippen molar-refractivity contribution in [2.45, 2.75) is 50.9 Å². The molecule has 0 aliphatic carbocycles. The van der Waals surface area contributed by atoms with Crippen LogP contribution in [0.15, 0.2) is 18.5 Å². The Kier molecular flexibility index (Phi) is 5.61. The molecule has 2 aliphatic rings. The van der Waals surface area contributed by atoms with Crippen LogP contribution in [0.1, 0.15) is 35.8 Å². The smallest absolute Gasteiger partial charge is 0.149 e. The Bertz CT molecular complexity index is 956. The fourth-order valence-corrected chi connectivity index (χ4v) is 6.32. The summed E-state index contributed by atoms with van der Waals surface area (Å²) in [5.41, 5.74) is 2.27. The van der Waals surface area contributed by atoms with Gasteiger partial charge in [-0.25, -0.2) is 8.42 Å². The number of nitrogens with zero attached hydrogens (tertiary/aromatic N) is 3.